The molecule has 1 saturated heterocycles. The van der Waals surface area contributed by atoms with Crippen LogP contribution in [0.3, 0.4) is 0 Å². The van der Waals surface area contributed by atoms with E-state index in [9.17, 15) is 13.2 Å². The zero-order valence-electron chi connectivity index (χ0n) is 9.06. The zero-order valence-corrected chi connectivity index (χ0v) is 9.88. The van der Waals surface area contributed by atoms with E-state index in [1.807, 2.05) is 0 Å². The number of sulfonamides is 1. The summed E-state index contributed by atoms with van der Waals surface area (Å²) in [6, 6.07) is 0. The summed E-state index contributed by atoms with van der Waals surface area (Å²) in [5.41, 5.74) is -1.22. The fraction of sp³-hybridized carbons (Fsp3) is 0.889. The largest absolute Gasteiger partial charge is 0.481 e. The van der Waals surface area contributed by atoms with Gasteiger partial charge >= 0.3 is 5.97 Å². The van der Waals surface area contributed by atoms with Crippen LogP contribution in [0, 0.1) is 5.41 Å². The SMILES string of the molecule is CC(C)(CS(=O)(=O)N1CCCC1)C(=O)O. The molecule has 1 rings (SSSR count). The second kappa shape index (κ2) is 4.09. The lowest BCUT2D eigenvalue weighted by atomic mass is 9.97. The summed E-state index contributed by atoms with van der Waals surface area (Å²) in [7, 11) is -3.41. The Morgan fingerprint density at radius 2 is 1.80 bits per heavy atom. The summed E-state index contributed by atoms with van der Waals surface area (Å²) in [5, 5.41) is 8.86. The van der Waals surface area contributed by atoms with Crippen molar-refractivity contribution in [2.24, 2.45) is 5.41 Å². The van der Waals surface area contributed by atoms with Crippen molar-refractivity contribution in [1.82, 2.24) is 4.31 Å². The molecule has 0 aromatic rings. The Bertz CT molecular complexity index is 341. The van der Waals surface area contributed by atoms with E-state index in [-0.39, 0.29) is 5.75 Å². The first-order valence-corrected chi connectivity index (χ1v) is 6.58. The van der Waals surface area contributed by atoms with Crippen LogP contribution < -0.4 is 0 Å². The van der Waals surface area contributed by atoms with Gasteiger partial charge in [-0.25, -0.2) is 12.7 Å². The molecule has 6 heteroatoms. The van der Waals surface area contributed by atoms with Crippen molar-refractivity contribution in [3.63, 3.8) is 0 Å². The van der Waals surface area contributed by atoms with E-state index in [1.165, 1.54) is 18.2 Å². The number of carbonyl (C=O) groups is 1. The van der Waals surface area contributed by atoms with Gasteiger partial charge in [0, 0.05) is 13.1 Å². The molecule has 0 aliphatic carbocycles. The minimum atomic E-state index is -3.41. The number of carboxylic acids is 1. The third-order valence-corrected chi connectivity index (χ3v) is 4.82. The lowest BCUT2D eigenvalue weighted by Gasteiger charge is -2.23. The van der Waals surface area contributed by atoms with Crippen molar-refractivity contribution in [3.8, 4) is 0 Å². The summed E-state index contributed by atoms with van der Waals surface area (Å²) in [6.45, 7) is 3.92. The molecule has 0 saturated carbocycles. The summed E-state index contributed by atoms with van der Waals surface area (Å²) >= 11 is 0. The molecule has 0 radical (unpaired) electrons. The van der Waals surface area contributed by atoms with Crippen molar-refractivity contribution < 1.29 is 18.3 Å². The highest BCUT2D eigenvalue weighted by Gasteiger charge is 2.37. The molecule has 0 spiro atoms. The Labute approximate surface area is 90.1 Å². The lowest BCUT2D eigenvalue weighted by molar-refractivity contribution is -0.145. The van der Waals surface area contributed by atoms with Gasteiger partial charge in [-0.15, -0.1) is 0 Å². The number of rotatable bonds is 4. The highest BCUT2D eigenvalue weighted by Crippen LogP contribution is 2.22. The maximum Gasteiger partial charge on any atom is 0.310 e. The Morgan fingerprint density at radius 1 is 1.33 bits per heavy atom. The van der Waals surface area contributed by atoms with Crippen LogP contribution in [0.1, 0.15) is 26.7 Å². The van der Waals surface area contributed by atoms with E-state index in [2.05, 4.69) is 0 Å². The van der Waals surface area contributed by atoms with Crippen LogP contribution in [-0.4, -0.2) is 42.6 Å². The number of hydrogen-bond donors (Lipinski definition) is 1. The predicted octanol–water partition coefficient (Wildman–Crippen LogP) is 0.523. The van der Waals surface area contributed by atoms with Crippen molar-refractivity contribution in [3.05, 3.63) is 0 Å². The van der Waals surface area contributed by atoms with Gasteiger partial charge in [0.1, 0.15) is 0 Å². The van der Waals surface area contributed by atoms with Crippen LogP contribution in [0.4, 0.5) is 0 Å². The van der Waals surface area contributed by atoms with Gasteiger partial charge in [-0.3, -0.25) is 4.79 Å². The molecule has 0 atom stereocenters. The van der Waals surface area contributed by atoms with E-state index in [4.69, 9.17) is 5.11 Å². The van der Waals surface area contributed by atoms with E-state index in [0.29, 0.717) is 13.1 Å². The van der Waals surface area contributed by atoms with Crippen LogP contribution in [0.5, 0.6) is 0 Å². The Balaban J connectivity index is 2.76. The summed E-state index contributed by atoms with van der Waals surface area (Å²) in [4.78, 5) is 10.8. The van der Waals surface area contributed by atoms with Gasteiger partial charge in [0.15, 0.2) is 0 Å². The fourth-order valence-electron chi connectivity index (χ4n) is 1.58. The summed E-state index contributed by atoms with van der Waals surface area (Å²) in [5.74, 6) is -1.40. The molecule has 0 aromatic heterocycles. The van der Waals surface area contributed by atoms with Crippen molar-refractivity contribution >= 4 is 16.0 Å². The molecule has 0 aromatic carbocycles. The number of nitrogens with zero attached hydrogens (tertiary/aromatic N) is 1. The predicted molar refractivity (Wildman–Crippen MR) is 56.0 cm³/mol. The van der Waals surface area contributed by atoms with Crippen LogP contribution in [0.2, 0.25) is 0 Å². The highest BCUT2D eigenvalue weighted by molar-refractivity contribution is 7.89. The molecule has 1 aliphatic rings. The molecule has 5 nitrogen and oxygen atoms in total. The number of carboxylic acid groups (broad SMARTS) is 1. The van der Waals surface area contributed by atoms with Crippen molar-refractivity contribution in [2.45, 2.75) is 26.7 Å². The summed E-state index contributed by atoms with van der Waals surface area (Å²) < 4.78 is 25.0. The van der Waals surface area contributed by atoms with Crippen molar-refractivity contribution in [2.75, 3.05) is 18.8 Å². The molecule has 1 N–H and O–H groups in total. The Hall–Kier alpha value is -0.620. The molecule has 1 aliphatic heterocycles. The van der Waals surface area contributed by atoms with E-state index in [1.54, 1.807) is 0 Å². The third kappa shape index (κ3) is 2.92. The van der Waals surface area contributed by atoms with Crippen LogP contribution >= 0.6 is 0 Å². The smallest absolute Gasteiger partial charge is 0.310 e. The maximum absolute atomic E-state index is 11.8. The minimum absolute atomic E-state index is 0.324. The third-order valence-electron chi connectivity index (χ3n) is 2.58. The Morgan fingerprint density at radius 3 is 2.20 bits per heavy atom. The van der Waals surface area contributed by atoms with Gasteiger partial charge in [-0.2, -0.15) is 0 Å². The average Bonchev–Trinajstić information content (AvgIpc) is 2.53. The molecule has 88 valence electrons. The first kappa shape index (κ1) is 12.4. The standard InChI is InChI=1S/C9H17NO4S/c1-9(2,8(11)12)7-15(13,14)10-5-3-4-6-10/h3-7H2,1-2H3,(H,11,12). The molecule has 0 unspecified atom stereocenters. The van der Waals surface area contributed by atoms with E-state index in [0.717, 1.165) is 12.8 Å². The molecule has 1 heterocycles. The molecule has 15 heavy (non-hydrogen) atoms. The Kier molecular flexibility index (Phi) is 3.40. The number of aliphatic carboxylic acids is 1. The van der Waals surface area contributed by atoms with Crippen LogP contribution in [-0.2, 0) is 14.8 Å². The highest BCUT2D eigenvalue weighted by atomic mass is 32.2. The second-order valence-corrected chi connectivity index (χ2v) is 6.52. The van der Waals surface area contributed by atoms with Gasteiger partial charge in [-0.05, 0) is 26.7 Å². The van der Waals surface area contributed by atoms with Crippen LogP contribution in [0.25, 0.3) is 0 Å². The number of hydrogen-bond acceptors (Lipinski definition) is 3. The van der Waals surface area contributed by atoms with E-state index < -0.39 is 21.4 Å². The monoisotopic (exact) mass is 235 g/mol. The first-order chi connectivity index (χ1) is 6.76. The molecular formula is C9H17NO4S. The summed E-state index contributed by atoms with van der Waals surface area (Å²) in [6.07, 6.45) is 1.74. The molecule has 0 bridgehead atoms. The van der Waals surface area contributed by atoms with Gasteiger partial charge in [0.05, 0.1) is 11.2 Å². The fourth-order valence-corrected chi connectivity index (χ4v) is 3.61. The quantitative estimate of drug-likeness (QED) is 0.771. The van der Waals surface area contributed by atoms with Gasteiger partial charge in [0.25, 0.3) is 0 Å². The van der Waals surface area contributed by atoms with Crippen molar-refractivity contribution in [1.29, 1.82) is 0 Å². The maximum atomic E-state index is 11.8. The van der Waals surface area contributed by atoms with Crippen LogP contribution in [0.15, 0.2) is 0 Å². The van der Waals surface area contributed by atoms with E-state index >= 15 is 0 Å². The lowest BCUT2D eigenvalue weighted by Crippen LogP contribution is -2.39. The second-order valence-electron chi connectivity index (χ2n) is 4.55. The van der Waals surface area contributed by atoms with Gasteiger partial charge in [0.2, 0.25) is 10.0 Å². The zero-order chi connectivity index (χ0) is 11.7. The van der Waals surface area contributed by atoms with Gasteiger partial charge < -0.3 is 5.11 Å². The normalized spacial score (nSPS) is 19.3. The molecule has 1 fully saturated rings. The molecule has 0 amide bonds. The first-order valence-electron chi connectivity index (χ1n) is 4.97. The molecular weight excluding hydrogens is 218 g/mol. The van der Waals surface area contributed by atoms with Gasteiger partial charge in [-0.1, -0.05) is 0 Å². The minimum Gasteiger partial charge on any atom is -0.481 e. The average molecular weight is 235 g/mol. The topological polar surface area (TPSA) is 74.7 Å².